The lowest BCUT2D eigenvalue weighted by molar-refractivity contribution is 0.0765. The van der Waals surface area contributed by atoms with Gasteiger partial charge in [-0.05, 0) is 45.7 Å². The standard InChI is InChI=1S/C15H25N3O2/c1-4-16-15(19)14-11-13(7-9-18-14)17-8-5-6-10-20-12(2)3/h7,9,11-12H,4-6,8,10H2,1-3H3,(H,16,19)(H,17,18). The second kappa shape index (κ2) is 9.31. The van der Waals surface area contributed by atoms with Crippen molar-refractivity contribution in [2.75, 3.05) is 25.0 Å². The first-order chi connectivity index (χ1) is 9.63. The summed E-state index contributed by atoms with van der Waals surface area (Å²) in [6, 6.07) is 3.64. The molecule has 0 aliphatic rings. The van der Waals surface area contributed by atoms with Crippen LogP contribution in [0.25, 0.3) is 0 Å². The van der Waals surface area contributed by atoms with Crippen LogP contribution in [-0.2, 0) is 4.74 Å². The van der Waals surface area contributed by atoms with Gasteiger partial charge in [0.15, 0.2) is 0 Å². The monoisotopic (exact) mass is 279 g/mol. The van der Waals surface area contributed by atoms with Gasteiger partial charge in [0.05, 0.1) is 6.10 Å². The van der Waals surface area contributed by atoms with E-state index in [1.807, 2.05) is 26.8 Å². The molecule has 0 fully saturated rings. The van der Waals surface area contributed by atoms with Crippen molar-refractivity contribution in [3.63, 3.8) is 0 Å². The van der Waals surface area contributed by atoms with Gasteiger partial charge < -0.3 is 15.4 Å². The average molecular weight is 279 g/mol. The number of nitrogens with one attached hydrogen (secondary N) is 2. The van der Waals surface area contributed by atoms with Gasteiger partial charge in [-0.1, -0.05) is 0 Å². The Morgan fingerprint density at radius 3 is 2.90 bits per heavy atom. The fourth-order valence-electron chi connectivity index (χ4n) is 1.69. The molecule has 20 heavy (non-hydrogen) atoms. The van der Waals surface area contributed by atoms with Crippen molar-refractivity contribution >= 4 is 11.6 Å². The van der Waals surface area contributed by atoms with Gasteiger partial charge in [-0.25, -0.2) is 0 Å². The molecule has 0 saturated carbocycles. The molecule has 2 N–H and O–H groups in total. The Kier molecular flexibility index (Phi) is 7.65. The number of carbonyl (C=O) groups excluding carboxylic acids is 1. The summed E-state index contributed by atoms with van der Waals surface area (Å²) in [6.45, 7) is 8.23. The molecule has 0 aromatic carbocycles. The van der Waals surface area contributed by atoms with Crippen LogP contribution in [0.1, 0.15) is 44.1 Å². The Morgan fingerprint density at radius 2 is 2.20 bits per heavy atom. The first-order valence-corrected chi connectivity index (χ1v) is 7.23. The van der Waals surface area contributed by atoms with Crippen molar-refractivity contribution in [1.29, 1.82) is 0 Å². The van der Waals surface area contributed by atoms with Crippen molar-refractivity contribution < 1.29 is 9.53 Å². The minimum absolute atomic E-state index is 0.138. The summed E-state index contributed by atoms with van der Waals surface area (Å²) in [5.74, 6) is -0.138. The van der Waals surface area contributed by atoms with E-state index in [0.29, 0.717) is 18.3 Å². The van der Waals surface area contributed by atoms with Crippen LogP contribution < -0.4 is 10.6 Å². The Bertz CT molecular complexity index is 408. The highest BCUT2D eigenvalue weighted by molar-refractivity contribution is 5.93. The van der Waals surface area contributed by atoms with Crippen molar-refractivity contribution in [2.24, 2.45) is 0 Å². The van der Waals surface area contributed by atoms with Gasteiger partial charge >= 0.3 is 0 Å². The molecule has 0 aliphatic heterocycles. The van der Waals surface area contributed by atoms with Crippen LogP contribution in [-0.4, -0.2) is 36.7 Å². The SMILES string of the molecule is CCNC(=O)c1cc(NCCCCOC(C)C)ccn1. The van der Waals surface area contributed by atoms with E-state index in [0.717, 1.165) is 31.7 Å². The first kappa shape index (κ1) is 16.4. The fourth-order valence-corrected chi connectivity index (χ4v) is 1.69. The van der Waals surface area contributed by atoms with Crippen LogP contribution in [0.5, 0.6) is 0 Å². The summed E-state index contributed by atoms with van der Waals surface area (Å²) in [5, 5.41) is 6.03. The molecule has 5 heteroatoms. The number of pyridine rings is 1. The summed E-state index contributed by atoms with van der Waals surface area (Å²) < 4.78 is 5.48. The van der Waals surface area contributed by atoms with E-state index in [1.54, 1.807) is 12.3 Å². The predicted molar refractivity (Wildman–Crippen MR) is 81.1 cm³/mol. The maximum atomic E-state index is 11.7. The number of hydrogen-bond acceptors (Lipinski definition) is 4. The number of aromatic nitrogens is 1. The van der Waals surface area contributed by atoms with Crippen molar-refractivity contribution in [3.05, 3.63) is 24.0 Å². The largest absolute Gasteiger partial charge is 0.385 e. The first-order valence-electron chi connectivity index (χ1n) is 7.23. The average Bonchev–Trinajstić information content (AvgIpc) is 2.43. The number of hydrogen-bond donors (Lipinski definition) is 2. The fraction of sp³-hybridized carbons (Fsp3) is 0.600. The van der Waals surface area contributed by atoms with Gasteiger partial charge in [0.1, 0.15) is 5.69 Å². The molecule has 1 aromatic rings. The lowest BCUT2D eigenvalue weighted by Crippen LogP contribution is -2.23. The second-order valence-electron chi connectivity index (χ2n) is 4.84. The van der Waals surface area contributed by atoms with E-state index < -0.39 is 0 Å². The summed E-state index contributed by atoms with van der Waals surface area (Å²) in [4.78, 5) is 15.7. The highest BCUT2D eigenvalue weighted by atomic mass is 16.5. The molecule has 1 rings (SSSR count). The van der Waals surface area contributed by atoms with Crippen LogP contribution in [0.2, 0.25) is 0 Å². The molecule has 0 bridgehead atoms. The normalized spacial score (nSPS) is 10.6. The van der Waals surface area contributed by atoms with Gasteiger partial charge in [-0.15, -0.1) is 0 Å². The quantitative estimate of drug-likeness (QED) is 0.682. The highest BCUT2D eigenvalue weighted by Gasteiger charge is 2.05. The summed E-state index contributed by atoms with van der Waals surface area (Å²) in [5.41, 5.74) is 1.37. The molecular formula is C15H25N3O2. The van der Waals surface area contributed by atoms with Gasteiger partial charge in [-0.2, -0.15) is 0 Å². The topological polar surface area (TPSA) is 63.2 Å². The number of carbonyl (C=O) groups is 1. The molecule has 0 aliphatic carbocycles. The zero-order chi connectivity index (χ0) is 14.8. The smallest absolute Gasteiger partial charge is 0.269 e. The zero-order valence-electron chi connectivity index (χ0n) is 12.6. The number of ether oxygens (including phenoxy) is 1. The van der Waals surface area contributed by atoms with E-state index in [2.05, 4.69) is 15.6 Å². The van der Waals surface area contributed by atoms with Crippen LogP contribution in [0.15, 0.2) is 18.3 Å². The van der Waals surface area contributed by atoms with E-state index in [-0.39, 0.29) is 5.91 Å². The summed E-state index contributed by atoms with van der Waals surface area (Å²) >= 11 is 0. The second-order valence-corrected chi connectivity index (χ2v) is 4.84. The Labute approximate surface area is 121 Å². The third kappa shape index (κ3) is 6.52. The van der Waals surface area contributed by atoms with Crippen molar-refractivity contribution in [1.82, 2.24) is 10.3 Å². The molecule has 0 unspecified atom stereocenters. The maximum absolute atomic E-state index is 11.7. The molecule has 1 heterocycles. The van der Waals surface area contributed by atoms with Crippen LogP contribution in [0.4, 0.5) is 5.69 Å². The molecule has 0 radical (unpaired) electrons. The van der Waals surface area contributed by atoms with Gasteiger partial charge in [0.2, 0.25) is 0 Å². The van der Waals surface area contributed by atoms with E-state index >= 15 is 0 Å². The Balaban J connectivity index is 2.30. The minimum Gasteiger partial charge on any atom is -0.385 e. The molecule has 5 nitrogen and oxygen atoms in total. The number of amides is 1. The molecular weight excluding hydrogens is 254 g/mol. The number of nitrogens with zero attached hydrogens (tertiary/aromatic N) is 1. The molecule has 0 saturated heterocycles. The molecule has 1 amide bonds. The Morgan fingerprint density at radius 1 is 1.40 bits per heavy atom. The van der Waals surface area contributed by atoms with Crippen molar-refractivity contribution in [3.8, 4) is 0 Å². The zero-order valence-corrected chi connectivity index (χ0v) is 12.6. The van der Waals surface area contributed by atoms with Gasteiger partial charge in [0, 0.05) is 31.6 Å². The maximum Gasteiger partial charge on any atom is 0.269 e. The van der Waals surface area contributed by atoms with E-state index in [4.69, 9.17) is 4.74 Å². The number of rotatable bonds is 9. The highest BCUT2D eigenvalue weighted by Crippen LogP contribution is 2.08. The minimum atomic E-state index is -0.138. The van der Waals surface area contributed by atoms with Crippen LogP contribution in [0, 0.1) is 0 Å². The number of unbranched alkanes of at least 4 members (excludes halogenated alkanes) is 1. The molecule has 112 valence electrons. The molecule has 1 aromatic heterocycles. The van der Waals surface area contributed by atoms with Crippen LogP contribution in [0.3, 0.4) is 0 Å². The van der Waals surface area contributed by atoms with E-state index in [1.165, 1.54) is 0 Å². The summed E-state index contributed by atoms with van der Waals surface area (Å²) in [7, 11) is 0. The third-order valence-electron chi connectivity index (χ3n) is 2.68. The Hall–Kier alpha value is -1.62. The molecule has 0 atom stereocenters. The predicted octanol–water partition coefficient (Wildman–Crippen LogP) is 2.45. The van der Waals surface area contributed by atoms with Crippen molar-refractivity contribution in [2.45, 2.75) is 39.7 Å². The van der Waals surface area contributed by atoms with Gasteiger partial charge in [-0.3, -0.25) is 9.78 Å². The molecule has 0 spiro atoms. The van der Waals surface area contributed by atoms with Gasteiger partial charge in [0.25, 0.3) is 5.91 Å². The third-order valence-corrected chi connectivity index (χ3v) is 2.68. The van der Waals surface area contributed by atoms with E-state index in [9.17, 15) is 4.79 Å². The number of anilines is 1. The lowest BCUT2D eigenvalue weighted by Gasteiger charge is -2.09. The lowest BCUT2D eigenvalue weighted by atomic mass is 10.2. The van der Waals surface area contributed by atoms with Crippen LogP contribution >= 0.6 is 0 Å². The summed E-state index contributed by atoms with van der Waals surface area (Å²) in [6.07, 6.45) is 4.00.